The van der Waals surface area contributed by atoms with E-state index >= 15 is 0 Å². The third-order valence-corrected chi connectivity index (χ3v) is 3.35. The highest BCUT2D eigenvalue weighted by Crippen LogP contribution is 2.20. The normalized spacial score (nSPS) is 10.3. The molecule has 0 atom stereocenters. The number of rotatable bonds is 6. The summed E-state index contributed by atoms with van der Waals surface area (Å²) in [6.07, 6.45) is 1.62. The molecule has 22 heavy (non-hydrogen) atoms. The van der Waals surface area contributed by atoms with E-state index in [0.717, 1.165) is 22.5 Å². The molecular formula is C17H21N3O2. The van der Waals surface area contributed by atoms with Crippen LogP contribution in [0.4, 0.5) is 11.4 Å². The number of para-hydroxylation sites is 1. The molecule has 0 aliphatic rings. The molecule has 0 aliphatic heterocycles. The van der Waals surface area contributed by atoms with E-state index in [1.165, 1.54) is 0 Å². The third-order valence-electron chi connectivity index (χ3n) is 3.35. The molecule has 1 aromatic carbocycles. The summed E-state index contributed by atoms with van der Waals surface area (Å²) in [4.78, 5) is 16.5. The summed E-state index contributed by atoms with van der Waals surface area (Å²) in [6, 6.07) is 9.47. The molecule has 2 N–H and O–H groups in total. The molecule has 0 aliphatic carbocycles. The van der Waals surface area contributed by atoms with E-state index in [4.69, 9.17) is 4.74 Å². The van der Waals surface area contributed by atoms with Gasteiger partial charge in [-0.15, -0.1) is 0 Å². The number of aromatic nitrogens is 1. The second-order valence-electron chi connectivity index (χ2n) is 5.07. The van der Waals surface area contributed by atoms with Gasteiger partial charge in [0.05, 0.1) is 6.61 Å². The van der Waals surface area contributed by atoms with Gasteiger partial charge in [-0.1, -0.05) is 18.2 Å². The van der Waals surface area contributed by atoms with Gasteiger partial charge >= 0.3 is 0 Å². The van der Waals surface area contributed by atoms with Crippen molar-refractivity contribution in [3.63, 3.8) is 0 Å². The third kappa shape index (κ3) is 4.05. The lowest BCUT2D eigenvalue weighted by Gasteiger charge is -2.12. The highest BCUT2D eigenvalue weighted by atomic mass is 16.5. The van der Waals surface area contributed by atoms with Crippen molar-refractivity contribution in [2.45, 2.75) is 13.8 Å². The molecule has 0 fully saturated rings. The quantitative estimate of drug-likeness (QED) is 0.805. The van der Waals surface area contributed by atoms with E-state index in [-0.39, 0.29) is 5.91 Å². The minimum Gasteiger partial charge on any atom is -0.383 e. The topological polar surface area (TPSA) is 63.2 Å². The van der Waals surface area contributed by atoms with Gasteiger partial charge in [0.15, 0.2) is 0 Å². The van der Waals surface area contributed by atoms with Crippen LogP contribution in [-0.4, -0.2) is 31.2 Å². The second kappa shape index (κ2) is 7.56. The Morgan fingerprint density at radius 1 is 1.23 bits per heavy atom. The van der Waals surface area contributed by atoms with Gasteiger partial charge in [-0.25, -0.2) is 0 Å². The van der Waals surface area contributed by atoms with Crippen molar-refractivity contribution in [1.82, 2.24) is 4.98 Å². The first-order chi connectivity index (χ1) is 10.6. The molecule has 0 spiro atoms. The average molecular weight is 299 g/mol. The number of aryl methyl sites for hydroxylation is 2. The fourth-order valence-corrected chi connectivity index (χ4v) is 2.15. The van der Waals surface area contributed by atoms with Crippen molar-refractivity contribution in [1.29, 1.82) is 0 Å². The zero-order valence-electron chi connectivity index (χ0n) is 13.1. The van der Waals surface area contributed by atoms with Gasteiger partial charge in [0.1, 0.15) is 5.69 Å². The van der Waals surface area contributed by atoms with Gasteiger partial charge in [-0.3, -0.25) is 9.78 Å². The largest absolute Gasteiger partial charge is 0.383 e. The molecular weight excluding hydrogens is 278 g/mol. The number of carbonyl (C=O) groups excluding carboxylic acids is 1. The first-order valence-corrected chi connectivity index (χ1v) is 7.18. The molecule has 1 aromatic heterocycles. The fraction of sp³-hybridized carbons (Fsp3) is 0.294. The zero-order chi connectivity index (χ0) is 15.9. The summed E-state index contributed by atoms with van der Waals surface area (Å²) >= 11 is 0. The van der Waals surface area contributed by atoms with Crippen molar-refractivity contribution in [2.24, 2.45) is 0 Å². The van der Waals surface area contributed by atoms with Gasteiger partial charge in [0.25, 0.3) is 5.91 Å². The predicted molar refractivity (Wildman–Crippen MR) is 88.5 cm³/mol. The molecule has 0 unspecified atom stereocenters. The Kier molecular flexibility index (Phi) is 5.49. The maximum absolute atomic E-state index is 12.4. The lowest BCUT2D eigenvalue weighted by Crippen LogP contribution is -2.16. The first-order valence-electron chi connectivity index (χ1n) is 7.18. The number of pyridine rings is 1. The summed E-state index contributed by atoms with van der Waals surface area (Å²) in [6.45, 7) is 5.22. The first kappa shape index (κ1) is 16.0. The van der Waals surface area contributed by atoms with Crippen LogP contribution in [0.2, 0.25) is 0 Å². The van der Waals surface area contributed by atoms with Crippen molar-refractivity contribution in [3.05, 3.63) is 53.3 Å². The molecule has 0 bridgehead atoms. The van der Waals surface area contributed by atoms with E-state index in [2.05, 4.69) is 15.6 Å². The zero-order valence-corrected chi connectivity index (χ0v) is 13.1. The smallest absolute Gasteiger partial charge is 0.274 e. The van der Waals surface area contributed by atoms with E-state index in [9.17, 15) is 4.79 Å². The summed E-state index contributed by atoms with van der Waals surface area (Å²) in [5.41, 5.74) is 4.13. The van der Waals surface area contributed by atoms with E-state index in [1.54, 1.807) is 19.4 Å². The number of ether oxygens (including phenoxy) is 1. The highest BCUT2D eigenvalue weighted by Gasteiger charge is 2.11. The number of amides is 1. The number of benzene rings is 1. The molecule has 1 heterocycles. The van der Waals surface area contributed by atoms with Crippen LogP contribution in [-0.2, 0) is 4.74 Å². The van der Waals surface area contributed by atoms with E-state index in [1.807, 2.05) is 38.1 Å². The van der Waals surface area contributed by atoms with Crippen molar-refractivity contribution in [3.8, 4) is 0 Å². The summed E-state index contributed by atoms with van der Waals surface area (Å²) in [7, 11) is 1.65. The Hall–Kier alpha value is -2.40. The highest BCUT2D eigenvalue weighted by molar-refractivity contribution is 6.04. The van der Waals surface area contributed by atoms with Crippen molar-refractivity contribution >= 4 is 17.3 Å². The number of methoxy groups -OCH3 is 1. The Bertz CT molecular complexity index is 636. The Morgan fingerprint density at radius 3 is 2.64 bits per heavy atom. The maximum Gasteiger partial charge on any atom is 0.274 e. The maximum atomic E-state index is 12.4. The lowest BCUT2D eigenvalue weighted by molar-refractivity contribution is 0.102. The molecule has 0 radical (unpaired) electrons. The average Bonchev–Trinajstić information content (AvgIpc) is 2.51. The molecule has 2 rings (SSSR count). The number of nitrogens with one attached hydrogen (secondary N) is 2. The molecule has 1 amide bonds. The monoisotopic (exact) mass is 299 g/mol. The van der Waals surface area contributed by atoms with Gasteiger partial charge in [-0.05, 0) is 37.1 Å². The number of hydrogen-bond donors (Lipinski definition) is 2. The summed E-state index contributed by atoms with van der Waals surface area (Å²) in [5, 5.41) is 6.12. The number of carbonyl (C=O) groups is 1. The Labute approximate surface area is 130 Å². The molecule has 2 aromatic rings. The van der Waals surface area contributed by atoms with Crippen LogP contribution >= 0.6 is 0 Å². The van der Waals surface area contributed by atoms with Crippen molar-refractivity contribution in [2.75, 3.05) is 30.9 Å². The number of nitrogens with zero attached hydrogens (tertiary/aromatic N) is 1. The molecule has 5 nitrogen and oxygen atoms in total. The molecule has 116 valence electrons. The van der Waals surface area contributed by atoms with Crippen LogP contribution < -0.4 is 10.6 Å². The summed E-state index contributed by atoms with van der Waals surface area (Å²) < 4.78 is 4.99. The lowest BCUT2D eigenvalue weighted by atomic mass is 10.1. The minimum atomic E-state index is -0.215. The fourth-order valence-electron chi connectivity index (χ4n) is 2.15. The molecule has 0 saturated heterocycles. The van der Waals surface area contributed by atoms with Gasteiger partial charge in [-0.2, -0.15) is 0 Å². The Balaban J connectivity index is 2.11. The van der Waals surface area contributed by atoms with Crippen molar-refractivity contribution < 1.29 is 9.53 Å². The second-order valence-corrected chi connectivity index (χ2v) is 5.07. The van der Waals surface area contributed by atoms with Crippen LogP contribution in [0.3, 0.4) is 0 Å². The van der Waals surface area contributed by atoms with Crippen LogP contribution in [0.1, 0.15) is 21.6 Å². The van der Waals surface area contributed by atoms with Crippen LogP contribution in [0.5, 0.6) is 0 Å². The standard InChI is InChI=1S/C17H21N3O2/c1-12-5-4-6-13(2)16(12)20-17(21)15-11-14(7-8-19-15)18-9-10-22-3/h4-8,11H,9-10H2,1-3H3,(H,18,19)(H,20,21). The van der Waals surface area contributed by atoms with Gasteiger partial charge < -0.3 is 15.4 Å². The van der Waals surface area contributed by atoms with Crippen LogP contribution in [0.25, 0.3) is 0 Å². The SMILES string of the molecule is COCCNc1ccnc(C(=O)Nc2c(C)cccc2C)c1. The van der Waals surface area contributed by atoms with E-state index < -0.39 is 0 Å². The minimum absolute atomic E-state index is 0.215. The number of hydrogen-bond acceptors (Lipinski definition) is 4. The van der Waals surface area contributed by atoms with Crippen LogP contribution in [0, 0.1) is 13.8 Å². The molecule has 5 heteroatoms. The molecule has 0 saturated carbocycles. The van der Waals surface area contributed by atoms with Crippen LogP contribution in [0.15, 0.2) is 36.5 Å². The van der Waals surface area contributed by atoms with Gasteiger partial charge in [0.2, 0.25) is 0 Å². The van der Waals surface area contributed by atoms with Gasteiger partial charge in [0, 0.05) is 31.2 Å². The van der Waals surface area contributed by atoms with E-state index in [0.29, 0.717) is 18.8 Å². The predicted octanol–water partition coefficient (Wildman–Crippen LogP) is 3.01. The summed E-state index contributed by atoms with van der Waals surface area (Å²) in [5.74, 6) is -0.215. The Morgan fingerprint density at radius 2 is 1.95 bits per heavy atom. The number of anilines is 2.